The number of hydrogen-bond acceptors (Lipinski definition) is 3. The second kappa shape index (κ2) is 8.28. The molecule has 0 spiro atoms. The number of carbonyl (C=O) groups is 3. The molecule has 7 heteroatoms. The zero-order valence-corrected chi connectivity index (χ0v) is 18.0. The lowest BCUT2D eigenvalue weighted by molar-refractivity contribution is -0.140. The van der Waals surface area contributed by atoms with Crippen LogP contribution in [0.2, 0.25) is 0 Å². The molecule has 4 rings (SSSR count). The molecule has 3 aliphatic rings. The fraction of sp³-hybridized carbons (Fsp3) is 0.609. The summed E-state index contributed by atoms with van der Waals surface area (Å²) < 4.78 is 0. The van der Waals surface area contributed by atoms with Crippen LogP contribution in [0.15, 0.2) is 30.3 Å². The fourth-order valence-corrected chi connectivity index (χ4v) is 5.45. The smallest absolute Gasteiger partial charge is 0.317 e. The molecule has 162 valence electrons. The molecule has 1 aromatic rings. The van der Waals surface area contributed by atoms with Gasteiger partial charge in [-0.1, -0.05) is 43.2 Å². The predicted octanol–water partition coefficient (Wildman–Crippen LogP) is 1.93. The van der Waals surface area contributed by atoms with E-state index in [2.05, 4.69) is 5.32 Å². The lowest BCUT2D eigenvalue weighted by atomic mass is 9.80. The Labute approximate surface area is 178 Å². The summed E-state index contributed by atoms with van der Waals surface area (Å²) in [7, 11) is 3.52. The summed E-state index contributed by atoms with van der Waals surface area (Å²) in [6.07, 6.45) is 4.15. The first-order valence-corrected chi connectivity index (χ1v) is 11.0. The number of amides is 4. The molecule has 0 unspecified atom stereocenters. The molecule has 2 saturated heterocycles. The minimum Gasteiger partial charge on any atom is -0.348 e. The van der Waals surface area contributed by atoms with Crippen LogP contribution in [0.25, 0.3) is 0 Å². The lowest BCUT2D eigenvalue weighted by Gasteiger charge is -2.31. The summed E-state index contributed by atoms with van der Waals surface area (Å²) in [6.45, 7) is 2.32. The molecule has 4 amide bonds. The maximum atomic E-state index is 13.2. The first kappa shape index (κ1) is 20.7. The molecular formula is C23H32N4O3. The van der Waals surface area contributed by atoms with E-state index in [9.17, 15) is 14.4 Å². The molecule has 1 saturated carbocycles. The number of hydrogen-bond donors (Lipinski definition) is 1. The normalized spacial score (nSPS) is 26.0. The van der Waals surface area contributed by atoms with Crippen LogP contribution in [-0.2, 0) is 16.1 Å². The van der Waals surface area contributed by atoms with Gasteiger partial charge >= 0.3 is 6.03 Å². The third-order valence-electron chi connectivity index (χ3n) is 7.03. The van der Waals surface area contributed by atoms with Crippen molar-refractivity contribution in [1.29, 1.82) is 0 Å². The van der Waals surface area contributed by atoms with Crippen LogP contribution < -0.4 is 5.32 Å². The van der Waals surface area contributed by atoms with Gasteiger partial charge in [-0.25, -0.2) is 4.79 Å². The standard InChI is InChI=1S/C23H32N4O3/c1-25(2)21(29)23-15-26(20(28)18-10-6-7-11-18)13-19(23)14-27(16-23)22(30)24-12-17-8-4-3-5-9-17/h3-5,8-9,18-19H,6-7,10-16H2,1-2H3,(H,24,30)/t19-,23-/m0/s1. The molecule has 2 aliphatic heterocycles. The van der Waals surface area contributed by atoms with Crippen LogP contribution in [0, 0.1) is 17.3 Å². The molecule has 0 bridgehead atoms. The fourth-order valence-electron chi connectivity index (χ4n) is 5.45. The number of carbonyl (C=O) groups excluding carboxylic acids is 3. The largest absolute Gasteiger partial charge is 0.348 e. The van der Waals surface area contributed by atoms with Gasteiger partial charge in [0, 0.05) is 58.7 Å². The monoisotopic (exact) mass is 412 g/mol. The van der Waals surface area contributed by atoms with Gasteiger partial charge in [0.05, 0.1) is 5.41 Å². The van der Waals surface area contributed by atoms with Crippen LogP contribution in [0.1, 0.15) is 31.2 Å². The average molecular weight is 413 g/mol. The van der Waals surface area contributed by atoms with Gasteiger partial charge in [0.1, 0.15) is 0 Å². The quantitative estimate of drug-likeness (QED) is 0.821. The molecule has 3 fully saturated rings. The van der Waals surface area contributed by atoms with Gasteiger partial charge in [-0.2, -0.15) is 0 Å². The van der Waals surface area contributed by atoms with E-state index in [1.165, 1.54) is 0 Å². The van der Waals surface area contributed by atoms with Gasteiger partial charge < -0.3 is 20.0 Å². The van der Waals surface area contributed by atoms with Gasteiger partial charge in [0.25, 0.3) is 0 Å². The highest BCUT2D eigenvalue weighted by atomic mass is 16.2. The van der Waals surface area contributed by atoms with Gasteiger partial charge in [0.2, 0.25) is 11.8 Å². The molecule has 1 N–H and O–H groups in total. The summed E-state index contributed by atoms with van der Waals surface area (Å²) in [5, 5.41) is 2.98. The van der Waals surface area contributed by atoms with E-state index in [0.29, 0.717) is 32.7 Å². The zero-order chi connectivity index (χ0) is 21.3. The minimum atomic E-state index is -0.693. The van der Waals surface area contributed by atoms with Crippen LogP contribution in [0.5, 0.6) is 0 Å². The van der Waals surface area contributed by atoms with Crippen LogP contribution >= 0.6 is 0 Å². The Balaban J connectivity index is 1.45. The molecule has 0 aromatic heterocycles. The van der Waals surface area contributed by atoms with E-state index >= 15 is 0 Å². The van der Waals surface area contributed by atoms with Crippen molar-refractivity contribution >= 4 is 17.8 Å². The average Bonchev–Trinajstić information content (AvgIpc) is 3.46. The molecule has 2 heterocycles. The Morgan fingerprint density at radius 1 is 1.03 bits per heavy atom. The summed E-state index contributed by atoms with van der Waals surface area (Å²) in [5.74, 6) is 0.321. The molecule has 1 aromatic carbocycles. The zero-order valence-electron chi connectivity index (χ0n) is 18.0. The van der Waals surface area contributed by atoms with E-state index in [1.54, 1.807) is 23.9 Å². The molecule has 7 nitrogen and oxygen atoms in total. The number of nitrogens with zero attached hydrogens (tertiary/aromatic N) is 3. The van der Waals surface area contributed by atoms with Crippen LogP contribution in [-0.4, -0.2) is 72.8 Å². The Morgan fingerprint density at radius 3 is 2.33 bits per heavy atom. The Morgan fingerprint density at radius 2 is 1.67 bits per heavy atom. The first-order chi connectivity index (χ1) is 14.4. The third kappa shape index (κ3) is 3.77. The SMILES string of the molecule is CN(C)C(=O)[C@@]12CN(C(=O)NCc3ccccc3)C[C@@H]1CN(C(=O)C1CCCC1)C2. The first-order valence-electron chi connectivity index (χ1n) is 11.0. The van der Waals surface area contributed by atoms with Gasteiger partial charge in [-0.3, -0.25) is 9.59 Å². The molecule has 2 atom stereocenters. The maximum Gasteiger partial charge on any atom is 0.317 e. The topological polar surface area (TPSA) is 73.0 Å². The van der Waals surface area contributed by atoms with Crippen molar-refractivity contribution < 1.29 is 14.4 Å². The summed E-state index contributed by atoms with van der Waals surface area (Å²) in [4.78, 5) is 44.3. The number of likely N-dealkylation sites (tertiary alicyclic amines) is 2. The second-order valence-electron chi connectivity index (χ2n) is 9.28. The molecule has 0 radical (unpaired) electrons. The van der Waals surface area contributed by atoms with E-state index in [1.807, 2.05) is 35.2 Å². The van der Waals surface area contributed by atoms with E-state index in [-0.39, 0.29) is 29.7 Å². The lowest BCUT2D eigenvalue weighted by Crippen LogP contribution is -2.49. The Bertz CT molecular complexity index is 806. The van der Waals surface area contributed by atoms with E-state index in [0.717, 1.165) is 31.2 Å². The second-order valence-corrected chi connectivity index (χ2v) is 9.28. The highest BCUT2D eigenvalue weighted by molar-refractivity contribution is 5.88. The van der Waals surface area contributed by atoms with Crippen molar-refractivity contribution in [3.8, 4) is 0 Å². The summed E-state index contributed by atoms with van der Waals surface area (Å²) >= 11 is 0. The van der Waals surface area contributed by atoms with Gasteiger partial charge in [-0.15, -0.1) is 0 Å². The van der Waals surface area contributed by atoms with Crippen molar-refractivity contribution in [3.63, 3.8) is 0 Å². The van der Waals surface area contributed by atoms with E-state index < -0.39 is 5.41 Å². The van der Waals surface area contributed by atoms with Crippen molar-refractivity contribution in [1.82, 2.24) is 20.0 Å². The number of benzene rings is 1. The summed E-state index contributed by atoms with van der Waals surface area (Å²) in [5.41, 5.74) is 0.347. The maximum absolute atomic E-state index is 13.2. The molecular weight excluding hydrogens is 380 g/mol. The molecule has 30 heavy (non-hydrogen) atoms. The number of rotatable bonds is 4. The predicted molar refractivity (Wildman–Crippen MR) is 113 cm³/mol. The highest BCUT2D eigenvalue weighted by Crippen LogP contribution is 2.44. The molecule has 1 aliphatic carbocycles. The number of urea groups is 1. The summed E-state index contributed by atoms with van der Waals surface area (Å²) in [6, 6.07) is 9.64. The number of nitrogens with one attached hydrogen (secondary N) is 1. The third-order valence-corrected chi connectivity index (χ3v) is 7.03. The van der Waals surface area contributed by atoms with Crippen molar-refractivity contribution in [2.45, 2.75) is 32.2 Å². The van der Waals surface area contributed by atoms with Gasteiger partial charge in [-0.05, 0) is 18.4 Å². The Hall–Kier alpha value is -2.57. The van der Waals surface area contributed by atoms with Crippen molar-refractivity contribution in [2.24, 2.45) is 17.3 Å². The van der Waals surface area contributed by atoms with Crippen LogP contribution in [0.4, 0.5) is 4.79 Å². The highest BCUT2D eigenvalue weighted by Gasteiger charge is 2.59. The van der Waals surface area contributed by atoms with Gasteiger partial charge in [0.15, 0.2) is 0 Å². The van der Waals surface area contributed by atoms with Crippen molar-refractivity contribution in [2.75, 3.05) is 40.3 Å². The van der Waals surface area contributed by atoms with Crippen molar-refractivity contribution in [3.05, 3.63) is 35.9 Å². The minimum absolute atomic E-state index is 0.0137. The Kier molecular flexibility index (Phi) is 5.71. The van der Waals surface area contributed by atoms with E-state index in [4.69, 9.17) is 0 Å². The number of fused-ring (bicyclic) bond motifs is 1. The van der Waals surface area contributed by atoms with Crippen LogP contribution in [0.3, 0.4) is 0 Å².